The number of anilines is 1. The molecule has 0 saturated carbocycles. The minimum Gasteiger partial charge on any atom is -0.331 e. The van der Waals surface area contributed by atoms with Crippen LogP contribution in [0.15, 0.2) is 30.7 Å². The van der Waals surface area contributed by atoms with E-state index in [0.717, 1.165) is 30.5 Å². The molecule has 2 heterocycles. The minimum atomic E-state index is -0.196. The molecule has 1 aliphatic rings. The lowest BCUT2D eigenvalue weighted by Gasteiger charge is -2.23. The summed E-state index contributed by atoms with van der Waals surface area (Å²) in [5, 5.41) is 10.1. The summed E-state index contributed by atoms with van der Waals surface area (Å²) in [6.07, 6.45) is 8.18. The highest BCUT2D eigenvalue weighted by molar-refractivity contribution is 5.89. The second-order valence-corrected chi connectivity index (χ2v) is 4.95. The first-order valence-corrected chi connectivity index (χ1v) is 6.72. The first-order chi connectivity index (χ1) is 9.74. The largest absolute Gasteiger partial charge is 0.331 e. The minimum absolute atomic E-state index is 0.0364. The number of nitrogens with zero attached hydrogens (tertiary/aromatic N) is 3. The Morgan fingerprint density at radius 3 is 3.00 bits per heavy atom. The maximum absolute atomic E-state index is 12.0. The van der Waals surface area contributed by atoms with Gasteiger partial charge in [0.1, 0.15) is 0 Å². The van der Waals surface area contributed by atoms with E-state index >= 15 is 0 Å². The fourth-order valence-corrected chi connectivity index (χ4v) is 2.62. The van der Waals surface area contributed by atoms with E-state index < -0.39 is 0 Å². The van der Waals surface area contributed by atoms with Gasteiger partial charge in [-0.05, 0) is 31.4 Å². The fraction of sp³-hybridized carbons (Fsp3) is 0.357. The number of urea groups is 1. The number of aromatic nitrogens is 3. The Kier molecular flexibility index (Phi) is 3.37. The molecule has 0 bridgehead atoms. The summed E-state index contributed by atoms with van der Waals surface area (Å²) in [5.41, 5.74) is 3.08. The first kappa shape index (κ1) is 12.7. The molecular formula is C14H17N5O. The molecule has 2 amide bonds. The molecule has 6 heteroatoms. The third-order valence-electron chi connectivity index (χ3n) is 3.62. The number of aryl methyl sites for hydroxylation is 1. The van der Waals surface area contributed by atoms with Crippen molar-refractivity contribution in [1.82, 2.24) is 20.1 Å². The second-order valence-electron chi connectivity index (χ2n) is 4.95. The first-order valence-electron chi connectivity index (χ1n) is 6.72. The quantitative estimate of drug-likeness (QED) is 0.877. The van der Waals surface area contributed by atoms with Crippen molar-refractivity contribution in [3.8, 4) is 0 Å². The summed E-state index contributed by atoms with van der Waals surface area (Å²) in [7, 11) is 1.94. The molecule has 2 aromatic rings. The highest BCUT2D eigenvalue weighted by Crippen LogP contribution is 2.29. The number of carbonyl (C=O) groups is 1. The highest BCUT2D eigenvalue weighted by atomic mass is 16.2. The summed E-state index contributed by atoms with van der Waals surface area (Å²) < 4.78 is 1.89. The van der Waals surface area contributed by atoms with Crippen LogP contribution in [0.3, 0.4) is 0 Å². The lowest BCUT2D eigenvalue weighted by Crippen LogP contribution is -2.34. The van der Waals surface area contributed by atoms with E-state index in [1.807, 2.05) is 17.9 Å². The number of hydrogen-bond acceptors (Lipinski definition) is 3. The molecule has 104 valence electrons. The van der Waals surface area contributed by atoms with E-state index in [1.165, 1.54) is 5.69 Å². The van der Waals surface area contributed by atoms with Crippen LogP contribution in [0.5, 0.6) is 0 Å². The van der Waals surface area contributed by atoms with Gasteiger partial charge in [0.25, 0.3) is 0 Å². The molecule has 0 radical (unpaired) electrons. The van der Waals surface area contributed by atoms with Crippen LogP contribution in [-0.2, 0) is 13.5 Å². The lowest BCUT2D eigenvalue weighted by atomic mass is 9.93. The number of nitrogens with one attached hydrogen (secondary N) is 2. The zero-order valence-electron chi connectivity index (χ0n) is 11.3. The van der Waals surface area contributed by atoms with Crippen molar-refractivity contribution >= 4 is 11.7 Å². The molecule has 3 rings (SSSR count). The summed E-state index contributed by atoms with van der Waals surface area (Å²) in [4.78, 5) is 15.9. The Morgan fingerprint density at radius 1 is 1.40 bits per heavy atom. The Morgan fingerprint density at radius 2 is 2.20 bits per heavy atom. The predicted molar refractivity (Wildman–Crippen MR) is 75.3 cm³/mol. The Balaban J connectivity index is 1.68. The average Bonchev–Trinajstić information content (AvgIpc) is 2.83. The number of amides is 2. The second kappa shape index (κ2) is 5.32. The van der Waals surface area contributed by atoms with Crippen LogP contribution >= 0.6 is 0 Å². The molecule has 2 aromatic heterocycles. The van der Waals surface area contributed by atoms with Gasteiger partial charge in [-0.2, -0.15) is 5.10 Å². The molecule has 0 fully saturated rings. The zero-order valence-corrected chi connectivity index (χ0v) is 11.3. The normalized spacial score (nSPS) is 17.4. The van der Waals surface area contributed by atoms with Crippen LogP contribution in [-0.4, -0.2) is 20.8 Å². The molecule has 0 aromatic carbocycles. The van der Waals surface area contributed by atoms with Gasteiger partial charge in [-0.1, -0.05) is 0 Å². The molecule has 0 saturated heterocycles. The van der Waals surface area contributed by atoms with Crippen molar-refractivity contribution in [3.05, 3.63) is 42.0 Å². The molecule has 0 aliphatic heterocycles. The molecule has 1 aliphatic carbocycles. The van der Waals surface area contributed by atoms with E-state index in [4.69, 9.17) is 0 Å². The monoisotopic (exact) mass is 271 g/mol. The average molecular weight is 271 g/mol. The fourth-order valence-electron chi connectivity index (χ4n) is 2.62. The van der Waals surface area contributed by atoms with Gasteiger partial charge in [0.05, 0.1) is 12.2 Å². The van der Waals surface area contributed by atoms with Crippen molar-refractivity contribution in [1.29, 1.82) is 0 Å². The predicted octanol–water partition coefficient (Wildman–Crippen LogP) is 2.01. The van der Waals surface area contributed by atoms with Crippen molar-refractivity contribution in [2.75, 3.05) is 5.32 Å². The van der Waals surface area contributed by atoms with Gasteiger partial charge in [0, 0.05) is 36.4 Å². The SMILES string of the molecule is Cn1ncc2c1CCC[C@H]2NC(=O)Nc1ccncc1. The van der Waals surface area contributed by atoms with E-state index in [0.29, 0.717) is 0 Å². The summed E-state index contributed by atoms with van der Waals surface area (Å²) >= 11 is 0. The molecule has 0 unspecified atom stereocenters. The van der Waals surface area contributed by atoms with Crippen LogP contribution in [0, 0.1) is 0 Å². The maximum atomic E-state index is 12.0. The van der Waals surface area contributed by atoms with E-state index in [9.17, 15) is 4.79 Å². The van der Waals surface area contributed by atoms with E-state index in [2.05, 4.69) is 20.7 Å². The summed E-state index contributed by atoms with van der Waals surface area (Å²) in [6.45, 7) is 0. The third kappa shape index (κ3) is 2.49. The van der Waals surface area contributed by atoms with Crippen LogP contribution in [0.25, 0.3) is 0 Å². The Bertz CT molecular complexity index is 607. The van der Waals surface area contributed by atoms with Crippen LogP contribution in [0.2, 0.25) is 0 Å². The van der Waals surface area contributed by atoms with E-state index in [1.54, 1.807) is 24.5 Å². The Hall–Kier alpha value is -2.37. The van der Waals surface area contributed by atoms with Gasteiger partial charge in [-0.3, -0.25) is 9.67 Å². The molecule has 2 N–H and O–H groups in total. The van der Waals surface area contributed by atoms with Gasteiger partial charge < -0.3 is 10.6 Å². The lowest BCUT2D eigenvalue weighted by molar-refractivity contribution is 0.247. The van der Waals surface area contributed by atoms with Gasteiger partial charge in [-0.25, -0.2) is 4.79 Å². The van der Waals surface area contributed by atoms with Gasteiger partial charge in [0.2, 0.25) is 0 Å². The number of fused-ring (bicyclic) bond motifs is 1. The molecule has 0 spiro atoms. The highest BCUT2D eigenvalue weighted by Gasteiger charge is 2.24. The number of carbonyl (C=O) groups excluding carboxylic acids is 1. The van der Waals surface area contributed by atoms with Crippen LogP contribution in [0.4, 0.5) is 10.5 Å². The van der Waals surface area contributed by atoms with Crippen LogP contribution < -0.4 is 10.6 Å². The summed E-state index contributed by atoms with van der Waals surface area (Å²) in [5.74, 6) is 0. The standard InChI is InChI=1S/C14H17N5O/c1-19-13-4-2-3-12(11(13)9-16-19)18-14(20)17-10-5-7-15-8-6-10/h5-9,12H,2-4H2,1H3,(H2,15,17,18,20)/t12-/m1/s1. The van der Waals surface area contributed by atoms with Crippen molar-refractivity contribution in [2.45, 2.75) is 25.3 Å². The number of rotatable bonds is 2. The summed E-state index contributed by atoms with van der Waals surface area (Å²) in [6, 6.07) is 3.36. The molecule has 1 atom stereocenters. The number of pyridine rings is 1. The molecular weight excluding hydrogens is 254 g/mol. The van der Waals surface area contributed by atoms with Crippen molar-refractivity contribution in [3.63, 3.8) is 0 Å². The smallest absolute Gasteiger partial charge is 0.319 e. The van der Waals surface area contributed by atoms with Crippen molar-refractivity contribution in [2.24, 2.45) is 7.05 Å². The Labute approximate surface area is 117 Å². The van der Waals surface area contributed by atoms with Crippen LogP contribution in [0.1, 0.15) is 30.1 Å². The van der Waals surface area contributed by atoms with Crippen molar-refractivity contribution < 1.29 is 4.79 Å². The van der Waals surface area contributed by atoms with Gasteiger partial charge >= 0.3 is 6.03 Å². The van der Waals surface area contributed by atoms with E-state index in [-0.39, 0.29) is 12.1 Å². The third-order valence-corrected chi connectivity index (χ3v) is 3.62. The molecule has 6 nitrogen and oxygen atoms in total. The topological polar surface area (TPSA) is 71.8 Å². The molecule has 20 heavy (non-hydrogen) atoms. The van der Waals surface area contributed by atoms with Gasteiger partial charge in [0.15, 0.2) is 0 Å². The number of hydrogen-bond donors (Lipinski definition) is 2. The zero-order chi connectivity index (χ0) is 13.9. The van der Waals surface area contributed by atoms with Gasteiger partial charge in [-0.15, -0.1) is 0 Å². The maximum Gasteiger partial charge on any atom is 0.319 e.